The maximum atomic E-state index is 14.8. The molecule has 0 aliphatic heterocycles. The molecule has 0 spiro atoms. The molecule has 168 valence electrons. The van der Waals surface area contributed by atoms with Crippen molar-refractivity contribution in [2.45, 2.75) is 31.7 Å². The lowest BCUT2D eigenvalue weighted by Gasteiger charge is -2.47. The van der Waals surface area contributed by atoms with Gasteiger partial charge in [-0.3, -0.25) is 4.79 Å². The number of aromatic amines is 1. The van der Waals surface area contributed by atoms with Gasteiger partial charge in [-0.05, 0) is 55.7 Å². The fourth-order valence-corrected chi connectivity index (χ4v) is 5.68. The van der Waals surface area contributed by atoms with E-state index in [1.54, 1.807) is 18.3 Å². The van der Waals surface area contributed by atoms with Crippen LogP contribution in [0.25, 0.3) is 33.3 Å². The second-order valence-corrected chi connectivity index (χ2v) is 8.99. The van der Waals surface area contributed by atoms with Crippen molar-refractivity contribution in [3.05, 3.63) is 48.3 Å². The van der Waals surface area contributed by atoms with Gasteiger partial charge in [-0.2, -0.15) is 0 Å². The molecule has 33 heavy (non-hydrogen) atoms. The molecule has 3 saturated carbocycles. The van der Waals surface area contributed by atoms with Crippen molar-refractivity contribution in [3.63, 3.8) is 0 Å². The molecule has 1 aromatic carbocycles. The molecule has 9 heteroatoms. The number of hydrogen-bond donors (Lipinski definition) is 3. The normalized spacial score (nSPS) is 24.4. The van der Waals surface area contributed by atoms with Crippen molar-refractivity contribution in [1.82, 2.24) is 19.9 Å². The number of nitrogens with zero attached hydrogens (tertiary/aromatic N) is 3. The standard InChI is InChI=1S/C24H21F2N5O2/c25-13-8-15-16(10-28-21(15)27-9-13)23-30-20-14(2-1-3-17(20)26)22(31-23)29-19-12-6-4-11(5-7-12)18(19)24(32)33/h1-3,8-12,18-19H,4-7H2,(H,27,28)(H,32,33)(H,29,30,31)/t11?,12?,18-,19-/m0/s1. The van der Waals surface area contributed by atoms with E-state index < -0.39 is 23.5 Å². The van der Waals surface area contributed by atoms with E-state index in [-0.39, 0.29) is 29.2 Å². The Morgan fingerprint density at radius 2 is 1.88 bits per heavy atom. The molecule has 3 aromatic heterocycles. The molecule has 0 amide bonds. The summed E-state index contributed by atoms with van der Waals surface area (Å²) in [6, 6.07) is 5.65. The van der Waals surface area contributed by atoms with Crippen LogP contribution < -0.4 is 5.32 Å². The molecule has 0 unspecified atom stereocenters. The highest BCUT2D eigenvalue weighted by molar-refractivity contribution is 5.96. The third kappa shape index (κ3) is 3.21. The van der Waals surface area contributed by atoms with Crippen LogP contribution in [-0.4, -0.2) is 37.1 Å². The minimum absolute atomic E-state index is 0.122. The van der Waals surface area contributed by atoms with Gasteiger partial charge in [-0.1, -0.05) is 6.07 Å². The van der Waals surface area contributed by atoms with Gasteiger partial charge in [-0.15, -0.1) is 0 Å². The van der Waals surface area contributed by atoms with Crippen molar-refractivity contribution < 1.29 is 18.7 Å². The summed E-state index contributed by atoms with van der Waals surface area (Å²) >= 11 is 0. The van der Waals surface area contributed by atoms with Crippen molar-refractivity contribution >= 4 is 33.7 Å². The lowest BCUT2D eigenvalue weighted by molar-refractivity contribution is -0.148. The molecule has 3 aliphatic carbocycles. The summed E-state index contributed by atoms with van der Waals surface area (Å²) in [5.74, 6) is -1.42. The SMILES string of the molecule is O=C(O)[C@H]1C2CCC(CC2)[C@@H]1Nc1nc(-c2c[nH]c3ncc(F)cc23)nc2c(F)cccc12. The molecule has 2 bridgehead atoms. The first-order valence-corrected chi connectivity index (χ1v) is 11.1. The number of carboxylic acid groups (broad SMARTS) is 1. The van der Waals surface area contributed by atoms with Crippen LogP contribution in [0.5, 0.6) is 0 Å². The van der Waals surface area contributed by atoms with Gasteiger partial charge >= 0.3 is 5.97 Å². The van der Waals surface area contributed by atoms with E-state index in [2.05, 4.69) is 25.3 Å². The van der Waals surface area contributed by atoms with Gasteiger partial charge < -0.3 is 15.4 Å². The molecule has 7 rings (SSSR count). The first kappa shape index (κ1) is 20.0. The van der Waals surface area contributed by atoms with Gasteiger partial charge in [0.1, 0.15) is 28.6 Å². The summed E-state index contributed by atoms with van der Waals surface area (Å²) in [4.78, 5) is 28.2. The van der Waals surface area contributed by atoms with Crippen LogP contribution in [0, 0.1) is 29.4 Å². The lowest BCUT2D eigenvalue weighted by Crippen LogP contribution is -2.51. The van der Waals surface area contributed by atoms with Crippen molar-refractivity contribution in [2.24, 2.45) is 17.8 Å². The third-order valence-corrected chi connectivity index (χ3v) is 7.22. The van der Waals surface area contributed by atoms with Crippen LogP contribution >= 0.6 is 0 Å². The van der Waals surface area contributed by atoms with Crippen LogP contribution in [0.4, 0.5) is 14.6 Å². The van der Waals surface area contributed by atoms with E-state index in [0.717, 1.165) is 31.9 Å². The number of para-hydroxylation sites is 1. The Morgan fingerprint density at radius 3 is 2.67 bits per heavy atom. The monoisotopic (exact) mass is 449 g/mol. The van der Waals surface area contributed by atoms with E-state index in [4.69, 9.17) is 0 Å². The Bertz CT molecular complexity index is 1400. The highest BCUT2D eigenvalue weighted by Crippen LogP contribution is 2.46. The van der Waals surface area contributed by atoms with Crippen molar-refractivity contribution in [2.75, 3.05) is 5.32 Å². The van der Waals surface area contributed by atoms with Gasteiger partial charge in [0.2, 0.25) is 0 Å². The first-order chi connectivity index (χ1) is 16.0. The Hall–Kier alpha value is -3.62. The summed E-state index contributed by atoms with van der Waals surface area (Å²) in [5.41, 5.74) is 1.08. The van der Waals surface area contributed by atoms with Gasteiger partial charge in [0.15, 0.2) is 5.82 Å². The van der Waals surface area contributed by atoms with Gasteiger partial charge in [0.25, 0.3) is 0 Å². The number of carboxylic acids is 1. The zero-order chi connectivity index (χ0) is 22.7. The van der Waals surface area contributed by atoms with E-state index in [1.807, 2.05) is 0 Å². The zero-order valence-corrected chi connectivity index (χ0v) is 17.6. The number of pyridine rings is 1. The number of nitrogens with one attached hydrogen (secondary N) is 2. The highest BCUT2D eigenvalue weighted by Gasteiger charge is 2.47. The molecule has 2 atom stereocenters. The molecule has 7 nitrogen and oxygen atoms in total. The summed E-state index contributed by atoms with van der Waals surface area (Å²) in [6.07, 6.45) is 6.48. The second-order valence-electron chi connectivity index (χ2n) is 8.99. The number of benzene rings is 1. The average Bonchev–Trinajstić information content (AvgIpc) is 3.23. The number of halogens is 2. The maximum Gasteiger partial charge on any atom is 0.308 e. The molecule has 4 aromatic rings. The average molecular weight is 449 g/mol. The number of aromatic nitrogens is 4. The molecule has 3 aliphatic rings. The third-order valence-electron chi connectivity index (χ3n) is 7.22. The number of rotatable bonds is 4. The maximum absolute atomic E-state index is 14.8. The molecule has 0 saturated heterocycles. The Morgan fingerprint density at radius 1 is 1.09 bits per heavy atom. The Kier molecular flexibility index (Phi) is 4.53. The van der Waals surface area contributed by atoms with Crippen LogP contribution in [0.1, 0.15) is 25.7 Å². The summed E-state index contributed by atoms with van der Waals surface area (Å²) in [7, 11) is 0. The smallest absolute Gasteiger partial charge is 0.308 e. The number of fused-ring (bicyclic) bond motifs is 5. The van der Waals surface area contributed by atoms with Crippen LogP contribution in [0.3, 0.4) is 0 Å². The van der Waals surface area contributed by atoms with Crippen molar-refractivity contribution in [3.8, 4) is 11.4 Å². The predicted molar refractivity (Wildman–Crippen MR) is 119 cm³/mol. The Balaban J connectivity index is 1.51. The van der Waals surface area contributed by atoms with E-state index in [0.29, 0.717) is 27.8 Å². The van der Waals surface area contributed by atoms with Crippen LogP contribution in [-0.2, 0) is 4.79 Å². The summed E-state index contributed by atoms with van der Waals surface area (Å²) in [6.45, 7) is 0. The number of H-pyrrole nitrogens is 1. The predicted octanol–water partition coefficient (Wildman–Crippen LogP) is 4.75. The van der Waals surface area contributed by atoms with Gasteiger partial charge in [0, 0.05) is 28.6 Å². The van der Waals surface area contributed by atoms with E-state index in [9.17, 15) is 18.7 Å². The van der Waals surface area contributed by atoms with Crippen molar-refractivity contribution in [1.29, 1.82) is 0 Å². The fraction of sp³-hybridized carbons (Fsp3) is 0.333. The molecular formula is C24H21F2N5O2. The second kappa shape index (κ2) is 7.47. The highest BCUT2D eigenvalue weighted by atomic mass is 19.1. The van der Waals surface area contributed by atoms with Gasteiger partial charge in [-0.25, -0.2) is 23.7 Å². The number of carbonyl (C=O) groups is 1. The molecule has 3 N–H and O–H groups in total. The minimum Gasteiger partial charge on any atom is -0.481 e. The molecule has 3 heterocycles. The molecule has 3 fully saturated rings. The minimum atomic E-state index is -0.815. The first-order valence-electron chi connectivity index (χ1n) is 11.1. The fourth-order valence-electron chi connectivity index (χ4n) is 5.68. The quantitative estimate of drug-likeness (QED) is 0.415. The number of hydrogen-bond acceptors (Lipinski definition) is 5. The zero-order valence-electron chi connectivity index (χ0n) is 17.6. The van der Waals surface area contributed by atoms with Crippen LogP contribution in [0.2, 0.25) is 0 Å². The van der Waals surface area contributed by atoms with E-state index in [1.165, 1.54) is 12.1 Å². The largest absolute Gasteiger partial charge is 0.481 e. The number of anilines is 1. The van der Waals surface area contributed by atoms with E-state index >= 15 is 0 Å². The summed E-state index contributed by atoms with van der Waals surface area (Å²) in [5, 5.41) is 14.3. The lowest BCUT2D eigenvalue weighted by atomic mass is 9.61. The molecular weight excluding hydrogens is 428 g/mol. The summed E-state index contributed by atoms with van der Waals surface area (Å²) < 4.78 is 28.7. The molecule has 0 radical (unpaired) electrons. The van der Waals surface area contributed by atoms with Crippen LogP contribution in [0.15, 0.2) is 36.7 Å². The number of aliphatic carboxylic acids is 1. The Labute approximate surface area is 187 Å². The topological polar surface area (TPSA) is 104 Å². The van der Waals surface area contributed by atoms with Gasteiger partial charge in [0.05, 0.1) is 12.1 Å².